The van der Waals surface area contributed by atoms with Crippen molar-refractivity contribution < 1.29 is 32.6 Å². The summed E-state index contributed by atoms with van der Waals surface area (Å²) in [5.74, 6) is -1.42. The number of benzene rings is 1. The van der Waals surface area contributed by atoms with Gasteiger partial charge >= 0.3 is 5.97 Å². The number of carbonyl (C=O) groups excluding carboxylic acids is 2. The molecule has 0 aromatic heterocycles. The first-order chi connectivity index (χ1) is 13.3. The van der Waals surface area contributed by atoms with Crippen LogP contribution in [0.5, 0.6) is 11.5 Å². The lowest BCUT2D eigenvalue weighted by Crippen LogP contribution is -2.48. The maximum Gasteiger partial charge on any atom is 0.342 e. The van der Waals surface area contributed by atoms with Crippen molar-refractivity contribution in [2.24, 2.45) is 0 Å². The molecule has 1 saturated heterocycles. The molecule has 1 aliphatic carbocycles. The Bertz CT molecular complexity index is 846. The standard InChI is InChI=1S/C19H25NO7S/c1-26-16-8-4-7-15(18(16)22)19(23)27-11-17(21)20(13-5-2-3-6-13)14-9-10-28(24,25)12-14/h4,7-8,13-14,22H,2-3,5-6,9-12H2,1H3/t14-/m1/s1. The lowest BCUT2D eigenvalue weighted by Gasteiger charge is -2.33. The minimum Gasteiger partial charge on any atom is -0.504 e. The molecule has 1 amide bonds. The quantitative estimate of drug-likeness (QED) is 0.707. The Balaban J connectivity index is 1.69. The van der Waals surface area contributed by atoms with Crippen molar-refractivity contribution in [1.82, 2.24) is 4.90 Å². The van der Waals surface area contributed by atoms with Crippen molar-refractivity contribution >= 4 is 21.7 Å². The number of phenols is 1. The van der Waals surface area contributed by atoms with E-state index in [1.165, 1.54) is 25.3 Å². The average Bonchev–Trinajstić information content (AvgIpc) is 3.30. The topological polar surface area (TPSA) is 110 Å². The second-order valence-corrected chi connectivity index (χ2v) is 9.46. The Morgan fingerprint density at radius 1 is 1.18 bits per heavy atom. The number of hydrogen-bond donors (Lipinski definition) is 1. The summed E-state index contributed by atoms with van der Waals surface area (Å²) in [7, 11) is -1.78. The number of rotatable bonds is 6. The van der Waals surface area contributed by atoms with Crippen molar-refractivity contribution in [3.05, 3.63) is 23.8 Å². The number of esters is 1. The minimum absolute atomic E-state index is 0.0188. The second kappa shape index (κ2) is 8.38. The van der Waals surface area contributed by atoms with Gasteiger partial charge in [0.15, 0.2) is 27.9 Å². The normalized spacial score (nSPS) is 21.4. The highest BCUT2D eigenvalue weighted by Gasteiger charge is 2.39. The van der Waals surface area contributed by atoms with Gasteiger partial charge in [-0.2, -0.15) is 0 Å². The summed E-state index contributed by atoms with van der Waals surface area (Å²) in [6.45, 7) is -0.497. The van der Waals surface area contributed by atoms with Crippen LogP contribution in [-0.4, -0.2) is 67.6 Å². The maximum atomic E-state index is 12.8. The van der Waals surface area contributed by atoms with Gasteiger partial charge in [-0.3, -0.25) is 4.79 Å². The third kappa shape index (κ3) is 4.40. The predicted octanol–water partition coefficient (Wildman–Crippen LogP) is 1.52. The van der Waals surface area contributed by atoms with Crippen LogP contribution in [0.2, 0.25) is 0 Å². The van der Waals surface area contributed by atoms with E-state index in [1.54, 1.807) is 4.90 Å². The Kier molecular flexibility index (Phi) is 6.12. The smallest absolute Gasteiger partial charge is 0.342 e. The van der Waals surface area contributed by atoms with E-state index in [9.17, 15) is 23.1 Å². The van der Waals surface area contributed by atoms with Crippen LogP contribution in [0.3, 0.4) is 0 Å². The number of para-hydroxylation sites is 1. The van der Waals surface area contributed by atoms with Crippen LogP contribution in [0.25, 0.3) is 0 Å². The van der Waals surface area contributed by atoms with E-state index in [-0.39, 0.29) is 40.7 Å². The summed E-state index contributed by atoms with van der Waals surface area (Å²) in [4.78, 5) is 26.8. The molecule has 28 heavy (non-hydrogen) atoms. The second-order valence-electron chi connectivity index (χ2n) is 7.23. The fourth-order valence-electron chi connectivity index (χ4n) is 4.01. The Morgan fingerprint density at radius 3 is 2.50 bits per heavy atom. The monoisotopic (exact) mass is 411 g/mol. The molecule has 1 atom stereocenters. The first kappa shape index (κ1) is 20.4. The molecule has 1 heterocycles. The molecule has 1 aromatic carbocycles. The van der Waals surface area contributed by atoms with Gasteiger partial charge in [0.2, 0.25) is 0 Å². The average molecular weight is 411 g/mol. The molecule has 0 unspecified atom stereocenters. The number of carbonyl (C=O) groups is 2. The molecular weight excluding hydrogens is 386 g/mol. The van der Waals surface area contributed by atoms with E-state index < -0.39 is 28.3 Å². The van der Waals surface area contributed by atoms with Crippen molar-refractivity contribution in [3.63, 3.8) is 0 Å². The molecule has 154 valence electrons. The summed E-state index contributed by atoms with van der Waals surface area (Å²) in [6.07, 6.45) is 4.05. The molecule has 0 spiro atoms. The lowest BCUT2D eigenvalue weighted by molar-refractivity contribution is -0.139. The van der Waals surface area contributed by atoms with Gasteiger partial charge in [0.25, 0.3) is 5.91 Å². The van der Waals surface area contributed by atoms with E-state index >= 15 is 0 Å². The number of nitrogens with zero attached hydrogens (tertiary/aromatic N) is 1. The van der Waals surface area contributed by atoms with Gasteiger partial charge in [0, 0.05) is 12.1 Å². The summed E-state index contributed by atoms with van der Waals surface area (Å²) in [5, 5.41) is 10.0. The molecule has 1 N–H and O–H groups in total. The Labute approximate surface area is 164 Å². The highest BCUT2D eigenvalue weighted by Crippen LogP contribution is 2.31. The zero-order chi connectivity index (χ0) is 20.3. The first-order valence-corrected chi connectivity index (χ1v) is 11.2. The molecule has 0 radical (unpaired) electrons. The predicted molar refractivity (Wildman–Crippen MR) is 101 cm³/mol. The van der Waals surface area contributed by atoms with Crippen LogP contribution in [0.1, 0.15) is 42.5 Å². The van der Waals surface area contributed by atoms with Gasteiger partial charge in [-0.1, -0.05) is 18.9 Å². The van der Waals surface area contributed by atoms with Crippen LogP contribution in [0.15, 0.2) is 18.2 Å². The van der Waals surface area contributed by atoms with Crippen LogP contribution in [0.4, 0.5) is 0 Å². The van der Waals surface area contributed by atoms with Crippen molar-refractivity contribution in [2.45, 2.75) is 44.2 Å². The van der Waals surface area contributed by atoms with Gasteiger partial charge in [-0.15, -0.1) is 0 Å². The zero-order valence-electron chi connectivity index (χ0n) is 15.8. The SMILES string of the molecule is COc1cccc(C(=O)OCC(=O)N(C2CCCC2)[C@@H]2CCS(=O)(=O)C2)c1O. The molecule has 2 aliphatic rings. The number of phenolic OH excluding ortho intramolecular Hbond substituents is 1. The third-order valence-electron chi connectivity index (χ3n) is 5.37. The highest BCUT2D eigenvalue weighted by molar-refractivity contribution is 7.91. The van der Waals surface area contributed by atoms with Crippen molar-refractivity contribution in [3.8, 4) is 11.5 Å². The first-order valence-electron chi connectivity index (χ1n) is 9.37. The van der Waals surface area contributed by atoms with Crippen molar-refractivity contribution in [2.75, 3.05) is 25.2 Å². The summed E-state index contributed by atoms with van der Waals surface area (Å²) in [5.41, 5.74) is -0.0944. The largest absolute Gasteiger partial charge is 0.504 e. The molecule has 0 bridgehead atoms. The van der Waals surface area contributed by atoms with Gasteiger partial charge in [-0.25, -0.2) is 13.2 Å². The van der Waals surface area contributed by atoms with Crippen LogP contribution < -0.4 is 4.74 Å². The number of hydrogen-bond acceptors (Lipinski definition) is 7. The molecule has 1 aromatic rings. The number of methoxy groups -OCH3 is 1. The van der Waals surface area contributed by atoms with Crippen LogP contribution in [-0.2, 0) is 19.4 Å². The van der Waals surface area contributed by atoms with E-state index in [0.717, 1.165) is 25.7 Å². The third-order valence-corrected chi connectivity index (χ3v) is 7.12. The summed E-state index contributed by atoms with van der Waals surface area (Å²) < 4.78 is 33.8. The number of amides is 1. The molecule has 3 rings (SSSR count). The van der Waals surface area contributed by atoms with Crippen LogP contribution >= 0.6 is 0 Å². The van der Waals surface area contributed by atoms with Crippen LogP contribution in [0, 0.1) is 0 Å². The lowest BCUT2D eigenvalue weighted by atomic mass is 10.1. The molecular formula is C19H25NO7S. The molecule has 1 saturated carbocycles. The molecule has 9 heteroatoms. The number of sulfone groups is 1. The fraction of sp³-hybridized carbons (Fsp3) is 0.579. The van der Waals surface area contributed by atoms with E-state index in [4.69, 9.17) is 9.47 Å². The summed E-state index contributed by atoms with van der Waals surface area (Å²) >= 11 is 0. The maximum absolute atomic E-state index is 12.8. The number of ether oxygens (including phenoxy) is 2. The van der Waals surface area contributed by atoms with Gasteiger partial charge in [-0.05, 0) is 31.4 Å². The van der Waals surface area contributed by atoms with Crippen molar-refractivity contribution in [1.29, 1.82) is 0 Å². The number of aromatic hydroxyl groups is 1. The Hall–Kier alpha value is -2.29. The van der Waals surface area contributed by atoms with Gasteiger partial charge in [0.1, 0.15) is 5.56 Å². The van der Waals surface area contributed by atoms with Gasteiger partial charge in [0.05, 0.1) is 18.6 Å². The summed E-state index contributed by atoms with van der Waals surface area (Å²) in [6, 6.07) is 4.02. The van der Waals surface area contributed by atoms with Gasteiger partial charge < -0.3 is 19.5 Å². The highest BCUT2D eigenvalue weighted by atomic mass is 32.2. The zero-order valence-corrected chi connectivity index (χ0v) is 16.6. The molecule has 8 nitrogen and oxygen atoms in total. The molecule has 2 fully saturated rings. The van der Waals surface area contributed by atoms with E-state index in [0.29, 0.717) is 6.42 Å². The fourth-order valence-corrected chi connectivity index (χ4v) is 5.73. The van der Waals surface area contributed by atoms with E-state index in [1.807, 2.05) is 0 Å². The van der Waals surface area contributed by atoms with E-state index in [2.05, 4.69) is 0 Å². The molecule has 1 aliphatic heterocycles. The minimum atomic E-state index is -3.14. The Morgan fingerprint density at radius 2 is 1.89 bits per heavy atom.